The van der Waals surface area contributed by atoms with E-state index in [0.29, 0.717) is 19.8 Å². The van der Waals surface area contributed by atoms with Crippen LogP contribution >= 0.6 is 0 Å². The molecular weight excluding hydrogens is 244 g/mol. The first kappa shape index (κ1) is 18.2. The lowest BCUT2D eigenvalue weighted by Crippen LogP contribution is -2.43. The highest BCUT2D eigenvalue weighted by molar-refractivity contribution is 5.58. The molecule has 2 atom stereocenters. The number of aldehydes is 2. The second-order valence-electron chi connectivity index (χ2n) is 4.64. The molecule has 19 heavy (non-hydrogen) atoms. The maximum absolute atomic E-state index is 10.9. The normalized spacial score (nSPS) is 14.0. The maximum atomic E-state index is 10.9. The zero-order valence-corrected chi connectivity index (χ0v) is 11.6. The fourth-order valence-electron chi connectivity index (χ4n) is 1.77. The summed E-state index contributed by atoms with van der Waals surface area (Å²) in [4.78, 5) is 21.7. The largest absolute Gasteiger partial charge is 0.330 e. The molecule has 0 heterocycles. The highest BCUT2D eigenvalue weighted by Crippen LogP contribution is 1.99. The molecule has 0 aliphatic rings. The van der Waals surface area contributed by atoms with Gasteiger partial charge in [0.15, 0.2) is 0 Å². The summed E-state index contributed by atoms with van der Waals surface area (Å²) in [6.45, 7) is 1.76. The topological polar surface area (TPSA) is 110 Å². The quantitative estimate of drug-likeness (QED) is 0.193. The van der Waals surface area contributed by atoms with Gasteiger partial charge in [0, 0.05) is 6.67 Å². The number of carbonyl (C=O) groups is 2. The van der Waals surface area contributed by atoms with E-state index >= 15 is 0 Å². The van der Waals surface area contributed by atoms with E-state index in [-0.39, 0.29) is 12.1 Å². The number of nitrogens with two attached hydrogens (primary N) is 2. The zero-order chi connectivity index (χ0) is 14.3. The van der Waals surface area contributed by atoms with E-state index in [1.165, 1.54) is 0 Å². The van der Waals surface area contributed by atoms with Crippen LogP contribution in [0.3, 0.4) is 0 Å². The van der Waals surface area contributed by atoms with Crippen LogP contribution in [0.1, 0.15) is 38.5 Å². The average Bonchev–Trinajstić information content (AvgIpc) is 2.44. The molecule has 0 aromatic rings. The zero-order valence-electron chi connectivity index (χ0n) is 11.6. The molecule has 0 saturated heterocycles. The predicted octanol–water partition coefficient (Wildman–Crippen LogP) is -0.484. The number of hydrogen-bond acceptors (Lipinski definition) is 6. The van der Waals surface area contributed by atoms with Crippen LogP contribution in [0.5, 0.6) is 0 Å². The van der Waals surface area contributed by atoms with Gasteiger partial charge in [-0.05, 0) is 38.8 Å². The van der Waals surface area contributed by atoms with Crippen LogP contribution in [0.15, 0.2) is 0 Å². The Hall–Kier alpha value is -0.820. The lowest BCUT2D eigenvalue weighted by molar-refractivity contribution is -0.109. The van der Waals surface area contributed by atoms with Crippen LogP contribution in [0.2, 0.25) is 0 Å². The first-order chi connectivity index (χ1) is 9.28. The standard InChI is InChI=1S/C13H28N4O2/c14-7-3-1-5-12(9-18)16-11-17-13(10-19)6-2-4-8-15/h9-10,12-13,16-17H,1-8,11,14-15H2/t12-,13-/m1/s1. The van der Waals surface area contributed by atoms with E-state index in [9.17, 15) is 9.59 Å². The molecule has 0 radical (unpaired) electrons. The molecule has 0 saturated carbocycles. The van der Waals surface area contributed by atoms with E-state index < -0.39 is 0 Å². The van der Waals surface area contributed by atoms with Crippen molar-refractivity contribution in [2.45, 2.75) is 50.6 Å². The van der Waals surface area contributed by atoms with Crippen LogP contribution in [0.4, 0.5) is 0 Å². The van der Waals surface area contributed by atoms with Crippen molar-refractivity contribution in [3.05, 3.63) is 0 Å². The Morgan fingerprint density at radius 2 is 1.21 bits per heavy atom. The molecule has 0 aromatic heterocycles. The highest BCUT2D eigenvalue weighted by atomic mass is 16.1. The number of rotatable bonds is 14. The van der Waals surface area contributed by atoms with Gasteiger partial charge in [0.2, 0.25) is 0 Å². The summed E-state index contributed by atoms with van der Waals surface area (Å²) in [5.41, 5.74) is 10.8. The molecular formula is C13H28N4O2. The maximum Gasteiger partial charge on any atom is 0.136 e. The third-order valence-corrected chi connectivity index (χ3v) is 3.00. The van der Waals surface area contributed by atoms with Gasteiger partial charge in [-0.3, -0.25) is 10.6 Å². The second-order valence-corrected chi connectivity index (χ2v) is 4.64. The van der Waals surface area contributed by atoms with Gasteiger partial charge in [-0.1, -0.05) is 12.8 Å². The van der Waals surface area contributed by atoms with Gasteiger partial charge in [0.25, 0.3) is 0 Å². The number of nitrogens with one attached hydrogen (secondary N) is 2. The molecule has 6 nitrogen and oxygen atoms in total. The fraction of sp³-hybridized carbons (Fsp3) is 0.846. The summed E-state index contributed by atoms with van der Waals surface area (Å²) in [5.74, 6) is 0. The Labute approximate surface area is 115 Å². The van der Waals surface area contributed by atoms with Crippen molar-refractivity contribution in [1.82, 2.24) is 10.6 Å². The molecule has 0 aromatic carbocycles. The van der Waals surface area contributed by atoms with Crippen LogP contribution < -0.4 is 22.1 Å². The molecule has 0 unspecified atom stereocenters. The number of unbranched alkanes of at least 4 members (excludes halogenated alkanes) is 2. The third-order valence-electron chi connectivity index (χ3n) is 3.00. The Bertz CT molecular complexity index is 205. The van der Waals surface area contributed by atoms with Crippen molar-refractivity contribution < 1.29 is 9.59 Å². The Morgan fingerprint density at radius 1 is 0.789 bits per heavy atom. The Morgan fingerprint density at radius 3 is 1.53 bits per heavy atom. The smallest absolute Gasteiger partial charge is 0.136 e. The molecule has 0 spiro atoms. The van der Waals surface area contributed by atoms with Crippen molar-refractivity contribution in [3.8, 4) is 0 Å². The molecule has 6 heteroatoms. The van der Waals surface area contributed by atoms with E-state index in [2.05, 4.69) is 10.6 Å². The van der Waals surface area contributed by atoms with Crippen molar-refractivity contribution in [2.75, 3.05) is 19.8 Å². The lowest BCUT2D eigenvalue weighted by Gasteiger charge is -2.16. The van der Waals surface area contributed by atoms with Gasteiger partial charge in [0.1, 0.15) is 12.6 Å². The number of hydrogen-bond donors (Lipinski definition) is 4. The van der Waals surface area contributed by atoms with Crippen molar-refractivity contribution >= 4 is 12.6 Å². The first-order valence-corrected chi connectivity index (χ1v) is 7.06. The van der Waals surface area contributed by atoms with Crippen molar-refractivity contribution in [1.29, 1.82) is 0 Å². The first-order valence-electron chi connectivity index (χ1n) is 7.06. The van der Waals surface area contributed by atoms with Gasteiger partial charge in [0.05, 0.1) is 12.1 Å². The molecule has 0 rings (SSSR count). The highest BCUT2D eigenvalue weighted by Gasteiger charge is 2.08. The molecule has 0 aliphatic heterocycles. The molecule has 0 bridgehead atoms. The summed E-state index contributed by atoms with van der Waals surface area (Å²) in [5, 5.41) is 6.16. The van der Waals surface area contributed by atoms with Crippen LogP contribution in [-0.2, 0) is 9.59 Å². The molecule has 6 N–H and O–H groups in total. The SMILES string of the molecule is NCCCC[C@H](C=O)NCN[C@@H](C=O)CCCCN. The van der Waals surface area contributed by atoms with E-state index in [1.54, 1.807) is 0 Å². The van der Waals surface area contributed by atoms with Crippen molar-refractivity contribution in [2.24, 2.45) is 11.5 Å². The minimum atomic E-state index is -0.171. The summed E-state index contributed by atoms with van der Waals surface area (Å²) in [6, 6.07) is -0.342. The predicted molar refractivity (Wildman–Crippen MR) is 76.7 cm³/mol. The number of carbonyl (C=O) groups excluding carboxylic acids is 2. The van der Waals surface area contributed by atoms with Gasteiger partial charge >= 0.3 is 0 Å². The minimum Gasteiger partial charge on any atom is -0.330 e. The minimum absolute atomic E-state index is 0.171. The molecule has 0 fully saturated rings. The lowest BCUT2D eigenvalue weighted by atomic mass is 10.1. The van der Waals surface area contributed by atoms with Crippen LogP contribution in [0.25, 0.3) is 0 Å². The second kappa shape index (κ2) is 13.6. The monoisotopic (exact) mass is 272 g/mol. The molecule has 112 valence electrons. The van der Waals surface area contributed by atoms with Crippen LogP contribution in [-0.4, -0.2) is 44.4 Å². The third kappa shape index (κ3) is 10.8. The Kier molecular flexibility index (Phi) is 13.0. The summed E-state index contributed by atoms with van der Waals surface area (Å²) in [6.07, 6.45) is 7.08. The van der Waals surface area contributed by atoms with Gasteiger partial charge in [-0.2, -0.15) is 0 Å². The molecule has 0 amide bonds. The average molecular weight is 272 g/mol. The van der Waals surface area contributed by atoms with Crippen LogP contribution in [0, 0.1) is 0 Å². The molecule has 0 aliphatic carbocycles. The van der Waals surface area contributed by atoms with Crippen molar-refractivity contribution in [3.63, 3.8) is 0 Å². The Balaban J connectivity index is 3.70. The van der Waals surface area contributed by atoms with Gasteiger partial charge in [-0.25, -0.2) is 0 Å². The van der Waals surface area contributed by atoms with E-state index in [0.717, 1.165) is 51.1 Å². The summed E-state index contributed by atoms with van der Waals surface area (Å²) in [7, 11) is 0. The van der Waals surface area contributed by atoms with E-state index in [1.807, 2.05) is 0 Å². The van der Waals surface area contributed by atoms with Gasteiger partial charge in [-0.15, -0.1) is 0 Å². The van der Waals surface area contributed by atoms with E-state index in [4.69, 9.17) is 11.5 Å². The van der Waals surface area contributed by atoms with Gasteiger partial charge < -0.3 is 21.1 Å². The summed E-state index contributed by atoms with van der Waals surface area (Å²) >= 11 is 0. The fourth-order valence-corrected chi connectivity index (χ4v) is 1.77. The summed E-state index contributed by atoms with van der Waals surface area (Å²) < 4.78 is 0.